The number of quaternary nitrogens is 1. The monoisotopic (exact) mass is 492 g/mol. The number of nitrogens with one attached hydrogen (secondary N) is 1. The molecule has 0 aromatic rings. The molecule has 1 saturated heterocycles. The van der Waals surface area contributed by atoms with Crippen LogP contribution in [0.25, 0.3) is 0 Å². The number of aliphatic hydroxyl groups is 3. The number of carbonyl (C=O) groups is 1. The lowest BCUT2D eigenvalue weighted by molar-refractivity contribution is -0.430. The Kier molecular flexibility index (Phi) is 12.7. The van der Waals surface area contributed by atoms with Gasteiger partial charge in [0, 0.05) is 0 Å². The van der Waals surface area contributed by atoms with Crippen LogP contribution in [0.5, 0.6) is 0 Å². The molecule has 7 N–H and O–H groups in total. The van der Waals surface area contributed by atoms with Gasteiger partial charge in [-0.25, -0.2) is 5.43 Å². The van der Waals surface area contributed by atoms with Gasteiger partial charge in [-0.2, -0.15) is 0 Å². The number of amides is 1. The minimum absolute atomic E-state index is 0.299. The van der Waals surface area contributed by atoms with E-state index in [1.54, 1.807) is 6.08 Å². The normalized spacial score (nSPS) is 28.2. The van der Waals surface area contributed by atoms with Gasteiger partial charge >= 0.3 is 0 Å². The summed E-state index contributed by atoms with van der Waals surface area (Å²) in [6, 6.07) is 0. The molecule has 0 spiro atoms. The summed E-state index contributed by atoms with van der Waals surface area (Å²) < 4.78 is 26.5. The molecule has 1 unspecified atom stereocenters. The molecule has 1 amide bonds. The molecule has 0 bridgehead atoms. The van der Waals surface area contributed by atoms with Gasteiger partial charge in [0.2, 0.25) is 0 Å². The molecule has 33 heavy (non-hydrogen) atoms. The molecule has 1 fully saturated rings. The minimum Gasteiger partial charge on any atom is -0.756 e. The summed E-state index contributed by atoms with van der Waals surface area (Å²) in [4.78, 5) is 23.8. The third-order valence-electron chi connectivity index (χ3n) is 5.02. The summed E-state index contributed by atoms with van der Waals surface area (Å²) in [5.74, 6) is 2.19. The Balaban J connectivity index is 2.54. The molecular formula is C21H37N2O9P. The highest BCUT2D eigenvalue weighted by Gasteiger charge is 2.48. The zero-order chi connectivity index (χ0) is 25.2. The fraction of sp³-hybridized carbons (Fsp3) is 0.667. The molecule has 0 aromatic carbocycles. The SMILES string of the molecule is CC(C)=CCCC(C)=CCCC(C)=CCOP(=O)([O-])O[C@@H]1O[C@H](C(=O)N[NH3+])[C@@H](O)[C@H](O)[C@H]1O. The van der Waals surface area contributed by atoms with E-state index in [0.29, 0.717) is 0 Å². The summed E-state index contributed by atoms with van der Waals surface area (Å²) in [5, 5.41) is 29.6. The molecule has 190 valence electrons. The molecule has 0 saturated carbocycles. The summed E-state index contributed by atoms with van der Waals surface area (Å²) in [7, 11) is -4.97. The Morgan fingerprint density at radius 1 is 1.03 bits per heavy atom. The van der Waals surface area contributed by atoms with Crippen molar-refractivity contribution < 1.29 is 49.2 Å². The van der Waals surface area contributed by atoms with E-state index in [2.05, 4.69) is 43.3 Å². The number of phosphoric acid groups is 1. The predicted octanol–water partition coefficient (Wildman–Crippen LogP) is -0.0121. The highest BCUT2D eigenvalue weighted by atomic mass is 31.2. The first-order valence-electron chi connectivity index (χ1n) is 10.7. The smallest absolute Gasteiger partial charge is 0.296 e. The van der Waals surface area contributed by atoms with Crippen molar-refractivity contribution in [1.82, 2.24) is 5.43 Å². The van der Waals surface area contributed by atoms with Crippen LogP contribution in [0.4, 0.5) is 0 Å². The first-order valence-corrected chi connectivity index (χ1v) is 12.2. The Morgan fingerprint density at radius 2 is 1.61 bits per heavy atom. The van der Waals surface area contributed by atoms with Gasteiger partial charge in [-0.3, -0.25) is 19.7 Å². The van der Waals surface area contributed by atoms with Crippen LogP contribution in [0.1, 0.15) is 53.4 Å². The Hall–Kier alpha value is -1.40. The molecule has 0 aromatic heterocycles. The Morgan fingerprint density at radius 3 is 2.18 bits per heavy atom. The molecule has 1 aliphatic rings. The van der Waals surface area contributed by atoms with Gasteiger partial charge in [0.15, 0.2) is 12.4 Å². The fourth-order valence-electron chi connectivity index (χ4n) is 3.02. The average molecular weight is 493 g/mol. The summed E-state index contributed by atoms with van der Waals surface area (Å²) >= 11 is 0. The van der Waals surface area contributed by atoms with Crippen molar-refractivity contribution in [3.8, 4) is 0 Å². The predicted molar refractivity (Wildman–Crippen MR) is 118 cm³/mol. The van der Waals surface area contributed by atoms with Crippen LogP contribution in [-0.2, 0) is 23.1 Å². The second-order valence-electron chi connectivity index (χ2n) is 8.25. The van der Waals surface area contributed by atoms with Crippen molar-refractivity contribution in [3.63, 3.8) is 0 Å². The van der Waals surface area contributed by atoms with Gasteiger partial charge in [-0.05, 0) is 53.4 Å². The molecule has 0 aliphatic carbocycles. The van der Waals surface area contributed by atoms with E-state index >= 15 is 0 Å². The van der Waals surface area contributed by atoms with Crippen LogP contribution in [0, 0.1) is 0 Å². The molecule has 12 heteroatoms. The Labute approximate surface area is 194 Å². The standard InChI is InChI=1S/C21H37N2O9P/c1-13(2)7-5-8-14(3)9-6-10-15(4)11-12-30-33(28,29)32-21-18(26)16(24)17(25)19(31-21)20(27)23-22/h7,9,11,16-19,21,24-26H,5-6,8,10,12,22H2,1-4H3,(H,23,27)(H,28,29)/t16-,17-,18+,19-,21-/m0/s1. The van der Waals surface area contributed by atoms with Crippen LogP contribution >= 0.6 is 7.82 Å². The van der Waals surface area contributed by atoms with Crippen molar-refractivity contribution in [2.75, 3.05) is 6.61 Å². The molecular weight excluding hydrogens is 455 g/mol. The number of ether oxygens (including phenoxy) is 1. The summed E-state index contributed by atoms with van der Waals surface area (Å²) in [5.41, 5.74) is 5.46. The maximum atomic E-state index is 12.1. The van der Waals surface area contributed by atoms with E-state index < -0.39 is 44.4 Å². The van der Waals surface area contributed by atoms with Crippen LogP contribution in [0.15, 0.2) is 34.9 Å². The van der Waals surface area contributed by atoms with Gasteiger partial charge in [0.05, 0.1) is 6.61 Å². The topological polar surface area (TPSA) is 185 Å². The minimum atomic E-state index is -4.97. The highest BCUT2D eigenvalue weighted by Crippen LogP contribution is 2.42. The number of hydrogen-bond donors (Lipinski definition) is 5. The summed E-state index contributed by atoms with van der Waals surface area (Å²) in [6.07, 6.45) is 0.225. The number of carbonyl (C=O) groups excluding carboxylic acids is 1. The van der Waals surface area contributed by atoms with Crippen LogP contribution in [0.3, 0.4) is 0 Å². The maximum absolute atomic E-state index is 12.1. The number of hydrogen-bond acceptors (Lipinski definition) is 9. The summed E-state index contributed by atoms with van der Waals surface area (Å²) in [6.45, 7) is 7.76. The van der Waals surface area contributed by atoms with Gasteiger partial charge in [0.1, 0.15) is 18.3 Å². The van der Waals surface area contributed by atoms with Crippen molar-refractivity contribution in [1.29, 1.82) is 0 Å². The van der Waals surface area contributed by atoms with Gasteiger partial charge in [0.25, 0.3) is 13.7 Å². The third kappa shape index (κ3) is 10.6. The van der Waals surface area contributed by atoms with E-state index in [0.717, 1.165) is 31.3 Å². The van der Waals surface area contributed by atoms with E-state index in [-0.39, 0.29) is 6.61 Å². The number of allylic oxidation sites excluding steroid dienone is 5. The molecule has 11 nitrogen and oxygen atoms in total. The molecule has 1 rings (SSSR count). The van der Waals surface area contributed by atoms with E-state index in [4.69, 9.17) is 9.26 Å². The van der Waals surface area contributed by atoms with Gasteiger partial charge in [-0.15, -0.1) is 0 Å². The van der Waals surface area contributed by atoms with Gasteiger partial charge < -0.3 is 29.5 Å². The largest absolute Gasteiger partial charge is 0.756 e. The highest BCUT2D eigenvalue weighted by molar-refractivity contribution is 7.45. The average Bonchev–Trinajstić information content (AvgIpc) is 2.73. The second kappa shape index (κ2) is 14.1. The first-order chi connectivity index (χ1) is 15.4. The number of aliphatic hydroxyl groups excluding tert-OH is 3. The first kappa shape index (κ1) is 29.6. The maximum Gasteiger partial charge on any atom is 0.296 e. The molecule has 6 atom stereocenters. The quantitative estimate of drug-likeness (QED) is 0.142. The molecule has 1 aliphatic heterocycles. The molecule has 1 heterocycles. The Bertz CT molecular complexity index is 780. The van der Waals surface area contributed by atoms with Gasteiger partial charge in [-0.1, -0.05) is 34.9 Å². The van der Waals surface area contributed by atoms with E-state index in [9.17, 15) is 29.6 Å². The van der Waals surface area contributed by atoms with Crippen molar-refractivity contribution >= 4 is 13.7 Å². The van der Waals surface area contributed by atoms with E-state index in [1.807, 2.05) is 12.3 Å². The lowest BCUT2D eigenvalue weighted by atomic mass is 9.98. The zero-order valence-corrected chi connectivity index (χ0v) is 20.5. The lowest BCUT2D eigenvalue weighted by Crippen LogP contribution is -2.72. The third-order valence-corrected chi connectivity index (χ3v) is 5.95. The number of rotatable bonds is 12. The zero-order valence-electron chi connectivity index (χ0n) is 19.6. The number of phosphoric ester groups is 1. The second-order valence-corrected chi connectivity index (χ2v) is 9.61. The van der Waals surface area contributed by atoms with Crippen molar-refractivity contribution in [2.24, 2.45) is 0 Å². The van der Waals surface area contributed by atoms with Crippen molar-refractivity contribution in [2.45, 2.75) is 84.1 Å². The fourth-order valence-corrected chi connectivity index (χ4v) is 3.77. The lowest BCUT2D eigenvalue weighted by Gasteiger charge is -2.40. The van der Waals surface area contributed by atoms with Crippen molar-refractivity contribution in [3.05, 3.63) is 34.9 Å². The van der Waals surface area contributed by atoms with Crippen LogP contribution in [0.2, 0.25) is 0 Å². The van der Waals surface area contributed by atoms with E-state index in [1.165, 1.54) is 11.1 Å². The molecule has 0 radical (unpaired) electrons. The van der Waals surface area contributed by atoms with Crippen LogP contribution < -0.4 is 16.2 Å². The van der Waals surface area contributed by atoms with Crippen LogP contribution in [-0.4, -0.2) is 58.5 Å².